The van der Waals surface area contributed by atoms with Gasteiger partial charge in [-0.15, -0.1) is 0 Å². The minimum absolute atomic E-state index is 0.409. The van der Waals surface area contributed by atoms with E-state index in [4.69, 9.17) is 0 Å². The number of piperidine rings is 1. The van der Waals surface area contributed by atoms with Crippen molar-refractivity contribution < 1.29 is 9.59 Å². The SMILES string of the molecule is CC(C)(O)C1CCCC[N+]1(C)C. The van der Waals surface area contributed by atoms with Crippen LogP contribution in [0.25, 0.3) is 0 Å². The van der Waals surface area contributed by atoms with Crippen LogP contribution in [0.2, 0.25) is 0 Å². The van der Waals surface area contributed by atoms with Gasteiger partial charge in [-0.1, -0.05) is 0 Å². The topological polar surface area (TPSA) is 20.2 Å². The summed E-state index contributed by atoms with van der Waals surface area (Å²) in [5.74, 6) is 0. The first-order chi connectivity index (χ1) is 5.34. The third-order valence-corrected chi connectivity index (χ3v) is 3.12. The fraction of sp³-hybridized carbons (Fsp3) is 1.00. The highest BCUT2D eigenvalue weighted by Gasteiger charge is 2.41. The highest BCUT2D eigenvalue weighted by molar-refractivity contribution is 4.80. The highest BCUT2D eigenvalue weighted by atomic mass is 16.3. The summed E-state index contributed by atoms with van der Waals surface area (Å²) in [5.41, 5.74) is -0.524. The molecular weight excluding hydrogens is 150 g/mol. The maximum atomic E-state index is 9.96. The van der Waals surface area contributed by atoms with Gasteiger partial charge < -0.3 is 9.59 Å². The van der Waals surface area contributed by atoms with Gasteiger partial charge in [0.05, 0.1) is 20.6 Å². The summed E-state index contributed by atoms with van der Waals surface area (Å²) < 4.78 is 0.976. The van der Waals surface area contributed by atoms with Crippen molar-refractivity contribution in [1.82, 2.24) is 0 Å². The van der Waals surface area contributed by atoms with Gasteiger partial charge in [-0.05, 0) is 26.7 Å². The van der Waals surface area contributed by atoms with Crippen LogP contribution in [-0.2, 0) is 0 Å². The average molecular weight is 172 g/mol. The van der Waals surface area contributed by atoms with E-state index in [1.807, 2.05) is 13.8 Å². The number of likely N-dealkylation sites (tertiary alicyclic amines) is 1. The van der Waals surface area contributed by atoms with Crippen molar-refractivity contribution in [1.29, 1.82) is 0 Å². The predicted molar refractivity (Wildman–Crippen MR) is 50.9 cm³/mol. The van der Waals surface area contributed by atoms with Crippen LogP contribution in [0.1, 0.15) is 33.1 Å². The zero-order valence-corrected chi connectivity index (χ0v) is 8.80. The van der Waals surface area contributed by atoms with E-state index in [0.29, 0.717) is 6.04 Å². The van der Waals surface area contributed by atoms with Crippen LogP contribution in [-0.4, -0.2) is 41.9 Å². The molecule has 1 rings (SSSR count). The van der Waals surface area contributed by atoms with Crippen LogP contribution < -0.4 is 0 Å². The number of nitrogens with zero attached hydrogens (tertiary/aromatic N) is 1. The number of hydrogen-bond donors (Lipinski definition) is 1. The van der Waals surface area contributed by atoms with E-state index in [1.165, 1.54) is 19.4 Å². The molecule has 1 unspecified atom stereocenters. The summed E-state index contributed by atoms with van der Waals surface area (Å²) in [7, 11) is 4.45. The number of quaternary nitrogens is 1. The lowest BCUT2D eigenvalue weighted by molar-refractivity contribution is -0.926. The summed E-state index contributed by atoms with van der Waals surface area (Å²) in [5, 5.41) is 9.96. The zero-order valence-electron chi connectivity index (χ0n) is 8.80. The lowest BCUT2D eigenvalue weighted by atomic mass is 9.88. The zero-order chi connectivity index (χ0) is 9.41. The molecule has 0 bridgehead atoms. The van der Waals surface area contributed by atoms with Gasteiger partial charge in [-0.2, -0.15) is 0 Å². The lowest BCUT2D eigenvalue weighted by Gasteiger charge is -2.46. The second-order valence-electron chi connectivity index (χ2n) is 5.17. The molecule has 2 heteroatoms. The summed E-state index contributed by atoms with van der Waals surface area (Å²) in [6, 6.07) is 0.409. The van der Waals surface area contributed by atoms with Crippen LogP contribution >= 0.6 is 0 Å². The quantitative estimate of drug-likeness (QED) is 0.593. The second-order valence-corrected chi connectivity index (χ2v) is 5.17. The van der Waals surface area contributed by atoms with E-state index < -0.39 is 5.60 Å². The molecule has 1 saturated heterocycles. The molecule has 0 aromatic rings. The Hall–Kier alpha value is -0.0800. The van der Waals surface area contributed by atoms with Crippen molar-refractivity contribution >= 4 is 0 Å². The Morgan fingerprint density at radius 3 is 2.17 bits per heavy atom. The van der Waals surface area contributed by atoms with Crippen LogP contribution in [0.3, 0.4) is 0 Å². The molecule has 1 aliphatic heterocycles. The van der Waals surface area contributed by atoms with E-state index in [1.54, 1.807) is 0 Å². The Bertz CT molecular complexity index is 158. The molecule has 1 aliphatic rings. The van der Waals surface area contributed by atoms with Crippen LogP contribution in [0.5, 0.6) is 0 Å². The van der Waals surface area contributed by atoms with Gasteiger partial charge in [0.15, 0.2) is 0 Å². The van der Waals surface area contributed by atoms with Gasteiger partial charge in [0.25, 0.3) is 0 Å². The Morgan fingerprint density at radius 1 is 1.25 bits per heavy atom. The third-order valence-electron chi connectivity index (χ3n) is 3.12. The summed E-state index contributed by atoms with van der Waals surface area (Å²) >= 11 is 0. The Morgan fingerprint density at radius 2 is 1.83 bits per heavy atom. The largest absolute Gasteiger partial charge is 0.384 e. The number of aliphatic hydroxyl groups is 1. The Kier molecular flexibility index (Phi) is 2.50. The first-order valence-corrected chi connectivity index (χ1v) is 4.89. The Labute approximate surface area is 75.8 Å². The summed E-state index contributed by atoms with van der Waals surface area (Å²) in [6.45, 7) is 5.07. The van der Waals surface area contributed by atoms with Crippen molar-refractivity contribution in [3.8, 4) is 0 Å². The first-order valence-electron chi connectivity index (χ1n) is 4.89. The van der Waals surface area contributed by atoms with Crippen molar-refractivity contribution in [3.05, 3.63) is 0 Å². The van der Waals surface area contributed by atoms with E-state index in [2.05, 4.69) is 14.1 Å². The summed E-state index contributed by atoms with van der Waals surface area (Å²) in [6.07, 6.45) is 3.74. The van der Waals surface area contributed by atoms with Crippen LogP contribution in [0, 0.1) is 0 Å². The molecule has 1 fully saturated rings. The molecule has 0 aromatic heterocycles. The van der Waals surface area contributed by atoms with E-state index >= 15 is 0 Å². The first kappa shape index (κ1) is 10.0. The molecule has 0 amide bonds. The maximum absolute atomic E-state index is 9.96. The van der Waals surface area contributed by atoms with E-state index in [0.717, 1.165) is 10.9 Å². The summed E-state index contributed by atoms with van der Waals surface area (Å²) in [4.78, 5) is 0. The standard InChI is InChI=1S/C10H22NO/c1-10(2,12)9-7-5-6-8-11(9,3)4/h9,12H,5-8H2,1-4H3/q+1. The molecule has 72 valence electrons. The molecule has 0 aliphatic carbocycles. The van der Waals surface area contributed by atoms with Crippen molar-refractivity contribution in [2.24, 2.45) is 0 Å². The minimum atomic E-state index is -0.524. The van der Waals surface area contributed by atoms with Gasteiger partial charge in [0.2, 0.25) is 0 Å². The predicted octanol–water partition coefficient (Wildman–Crippen LogP) is 1.39. The molecule has 1 atom stereocenters. The van der Waals surface area contributed by atoms with Gasteiger partial charge in [-0.3, -0.25) is 0 Å². The van der Waals surface area contributed by atoms with Crippen LogP contribution in [0.15, 0.2) is 0 Å². The molecule has 1 heterocycles. The second kappa shape index (κ2) is 3.00. The highest BCUT2D eigenvalue weighted by Crippen LogP contribution is 2.29. The molecule has 0 radical (unpaired) electrons. The lowest BCUT2D eigenvalue weighted by Crippen LogP contribution is -2.60. The molecule has 1 N–H and O–H groups in total. The van der Waals surface area contributed by atoms with Crippen LogP contribution in [0.4, 0.5) is 0 Å². The molecule has 0 spiro atoms. The monoisotopic (exact) mass is 172 g/mol. The molecule has 2 nitrogen and oxygen atoms in total. The number of likely N-dealkylation sites (N-methyl/N-ethyl adjacent to an activating group) is 1. The number of hydrogen-bond acceptors (Lipinski definition) is 1. The molecule has 12 heavy (non-hydrogen) atoms. The normalized spacial score (nSPS) is 30.2. The van der Waals surface area contributed by atoms with Gasteiger partial charge in [-0.25, -0.2) is 0 Å². The average Bonchev–Trinajstić information content (AvgIpc) is 1.83. The Balaban J connectivity index is 2.73. The van der Waals surface area contributed by atoms with Crippen molar-refractivity contribution in [2.45, 2.75) is 44.8 Å². The third kappa shape index (κ3) is 1.99. The van der Waals surface area contributed by atoms with Gasteiger partial charge in [0, 0.05) is 6.42 Å². The maximum Gasteiger partial charge on any atom is 0.117 e. The smallest absolute Gasteiger partial charge is 0.117 e. The fourth-order valence-corrected chi connectivity index (χ4v) is 2.57. The van der Waals surface area contributed by atoms with Gasteiger partial charge >= 0.3 is 0 Å². The molecular formula is C10H22NO+. The van der Waals surface area contributed by atoms with E-state index in [-0.39, 0.29) is 0 Å². The molecule has 0 aromatic carbocycles. The van der Waals surface area contributed by atoms with Gasteiger partial charge in [0.1, 0.15) is 11.6 Å². The van der Waals surface area contributed by atoms with Crippen molar-refractivity contribution in [3.63, 3.8) is 0 Å². The van der Waals surface area contributed by atoms with Crippen molar-refractivity contribution in [2.75, 3.05) is 20.6 Å². The minimum Gasteiger partial charge on any atom is -0.384 e. The number of rotatable bonds is 1. The fourth-order valence-electron chi connectivity index (χ4n) is 2.57. The molecule has 0 saturated carbocycles. The van der Waals surface area contributed by atoms with E-state index in [9.17, 15) is 5.11 Å².